The zero-order valence-electron chi connectivity index (χ0n) is 10.2. The Morgan fingerprint density at radius 3 is 2.76 bits per heavy atom. The van der Waals surface area contributed by atoms with Crippen LogP contribution in [0.25, 0.3) is 0 Å². The van der Waals surface area contributed by atoms with E-state index in [0.29, 0.717) is 18.0 Å². The molecule has 5 heteroatoms. The quantitative estimate of drug-likeness (QED) is 0.878. The fourth-order valence-electron chi connectivity index (χ4n) is 1.54. The SMILES string of the molecule is CCC(CC)CNC(=O)c1cc(Br)cnc1N. The van der Waals surface area contributed by atoms with Crippen LogP contribution in [-0.4, -0.2) is 17.4 Å². The number of nitrogens with one attached hydrogen (secondary N) is 1. The molecular formula is C12H18BrN3O. The highest BCUT2D eigenvalue weighted by molar-refractivity contribution is 9.10. The Morgan fingerprint density at radius 2 is 2.18 bits per heavy atom. The lowest BCUT2D eigenvalue weighted by Gasteiger charge is -2.13. The summed E-state index contributed by atoms with van der Waals surface area (Å²) in [6.07, 6.45) is 3.69. The molecule has 0 saturated heterocycles. The summed E-state index contributed by atoms with van der Waals surface area (Å²) in [5.41, 5.74) is 6.09. The first kappa shape index (κ1) is 14.0. The molecule has 94 valence electrons. The molecule has 1 rings (SSSR count). The van der Waals surface area contributed by atoms with E-state index in [9.17, 15) is 4.79 Å². The highest BCUT2D eigenvalue weighted by Gasteiger charge is 2.12. The molecule has 0 saturated carbocycles. The van der Waals surface area contributed by atoms with Gasteiger partial charge >= 0.3 is 0 Å². The number of pyridine rings is 1. The predicted octanol–water partition coefficient (Wildman–Crippen LogP) is 2.59. The Kier molecular flexibility index (Phi) is 5.41. The number of nitrogens with two attached hydrogens (primary N) is 1. The van der Waals surface area contributed by atoms with Crippen LogP contribution in [0.3, 0.4) is 0 Å². The molecule has 0 bridgehead atoms. The van der Waals surface area contributed by atoms with Crippen molar-refractivity contribution < 1.29 is 4.79 Å². The van der Waals surface area contributed by atoms with Crippen LogP contribution in [-0.2, 0) is 0 Å². The van der Waals surface area contributed by atoms with Crippen LogP contribution in [0, 0.1) is 5.92 Å². The Balaban J connectivity index is 2.66. The van der Waals surface area contributed by atoms with Crippen molar-refractivity contribution in [1.82, 2.24) is 10.3 Å². The molecule has 17 heavy (non-hydrogen) atoms. The predicted molar refractivity (Wildman–Crippen MR) is 72.8 cm³/mol. The highest BCUT2D eigenvalue weighted by Crippen LogP contribution is 2.15. The summed E-state index contributed by atoms with van der Waals surface area (Å²) in [7, 11) is 0. The van der Waals surface area contributed by atoms with Gasteiger partial charge in [-0.25, -0.2) is 4.98 Å². The van der Waals surface area contributed by atoms with Gasteiger partial charge in [0.05, 0.1) is 5.56 Å². The van der Waals surface area contributed by atoms with Gasteiger partial charge in [0, 0.05) is 17.2 Å². The van der Waals surface area contributed by atoms with Gasteiger partial charge < -0.3 is 11.1 Å². The summed E-state index contributed by atoms with van der Waals surface area (Å²) in [5, 5.41) is 2.89. The number of hydrogen-bond acceptors (Lipinski definition) is 3. The molecule has 0 atom stereocenters. The summed E-state index contributed by atoms with van der Waals surface area (Å²) < 4.78 is 0.749. The topological polar surface area (TPSA) is 68.0 Å². The van der Waals surface area contributed by atoms with Crippen molar-refractivity contribution >= 4 is 27.7 Å². The normalized spacial score (nSPS) is 10.6. The van der Waals surface area contributed by atoms with Crippen LogP contribution in [0.1, 0.15) is 37.0 Å². The number of hydrogen-bond donors (Lipinski definition) is 2. The van der Waals surface area contributed by atoms with Gasteiger partial charge in [-0.1, -0.05) is 26.7 Å². The zero-order valence-corrected chi connectivity index (χ0v) is 11.8. The molecule has 0 aliphatic carbocycles. The van der Waals surface area contributed by atoms with Gasteiger partial charge in [0.1, 0.15) is 5.82 Å². The number of rotatable bonds is 5. The summed E-state index contributed by atoms with van der Waals surface area (Å²) in [4.78, 5) is 15.8. The van der Waals surface area contributed by atoms with Crippen molar-refractivity contribution in [3.63, 3.8) is 0 Å². The van der Waals surface area contributed by atoms with E-state index in [0.717, 1.165) is 17.3 Å². The van der Waals surface area contributed by atoms with E-state index in [1.54, 1.807) is 12.3 Å². The van der Waals surface area contributed by atoms with Crippen molar-refractivity contribution in [2.75, 3.05) is 12.3 Å². The first-order valence-corrected chi connectivity index (χ1v) is 6.57. The van der Waals surface area contributed by atoms with Gasteiger partial charge in [-0.05, 0) is 27.9 Å². The first-order valence-electron chi connectivity index (χ1n) is 5.77. The average molecular weight is 300 g/mol. The lowest BCUT2D eigenvalue weighted by atomic mass is 10.0. The molecular weight excluding hydrogens is 282 g/mol. The first-order chi connectivity index (χ1) is 8.08. The minimum atomic E-state index is -0.164. The van der Waals surface area contributed by atoms with E-state index < -0.39 is 0 Å². The van der Waals surface area contributed by atoms with E-state index in [1.165, 1.54) is 0 Å². The van der Waals surface area contributed by atoms with Crippen molar-refractivity contribution in [1.29, 1.82) is 0 Å². The lowest BCUT2D eigenvalue weighted by Crippen LogP contribution is -2.29. The molecule has 1 heterocycles. The third kappa shape index (κ3) is 4.00. The molecule has 3 N–H and O–H groups in total. The van der Waals surface area contributed by atoms with Crippen LogP contribution in [0.4, 0.5) is 5.82 Å². The number of nitrogens with zero attached hydrogens (tertiary/aromatic N) is 1. The van der Waals surface area contributed by atoms with Gasteiger partial charge in [0.15, 0.2) is 0 Å². The van der Waals surface area contributed by atoms with Crippen LogP contribution >= 0.6 is 15.9 Å². The van der Waals surface area contributed by atoms with Crippen LogP contribution in [0.2, 0.25) is 0 Å². The van der Waals surface area contributed by atoms with E-state index in [2.05, 4.69) is 40.1 Å². The van der Waals surface area contributed by atoms with E-state index in [1.807, 2.05) is 0 Å². The van der Waals surface area contributed by atoms with Crippen LogP contribution in [0.15, 0.2) is 16.7 Å². The second-order valence-electron chi connectivity index (χ2n) is 3.98. The van der Waals surface area contributed by atoms with E-state index >= 15 is 0 Å². The maximum Gasteiger partial charge on any atom is 0.255 e. The third-order valence-electron chi connectivity index (χ3n) is 2.84. The molecule has 0 aliphatic rings. The monoisotopic (exact) mass is 299 g/mol. The van der Waals surface area contributed by atoms with Gasteiger partial charge in [-0.15, -0.1) is 0 Å². The largest absolute Gasteiger partial charge is 0.383 e. The minimum Gasteiger partial charge on any atom is -0.383 e. The molecule has 0 aliphatic heterocycles. The van der Waals surface area contributed by atoms with Crippen molar-refractivity contribution in [3.8, 4) is 0 Å². The third-order valence-corrected chi connectivity index (χ3v) is 3.27. The standard InChI is InChI=1S/C12H18BrN3O/c1-3-8(4-2)6-16-12(17)10-5-9(13)7-15-11(10)14/h5,7-8H,3-4,6H2,1-2H3,(H2,14,15)(H,16,17). The summed E-state index contributed by atoms with van der Waals surface area (Å²) >= 11 is 3.27. The van der Waals surface area contributed by atoms with Crippen molar-refractivity contribution in [3.05, 3.63) is 22.3 Å². The summed E-state index contributed by atoms with van der Waals surface area (Å²) in [6, 6.07) is 1.69. The molecule has 0 aromatic carbocycles. The average Bonchev–Trinajstić information content (AvgIpc) is 2.33. The Morgan fingerprint density at radius 1 is 1.53 bits per heavy atom. The molecule has 1 aromatic heterocycles. The van der Waals surface area contributed by atoms with Crippen LogP contribution in [0.5, 0.6) is 0 Å². The number of nitrogen functional groups attached to an aromatic ring is 1. The summed E-state index contributed by atoms with van der Waals surface area (Å²) in [5.74, 6) is 0.610. The Hall–Kier alpha value is -1.10. The molecule has 0 unspecified atom stereocenters. The molecule has 4 nitrogen and oxygen atoms in total. The highest BCUT2D eigenvalue weighted by atomic mass is 79.9. The number of aromatic nitrogens is 1. The lowest BCUT2D eigenvalue weighted by molar-refractivity contribution is 0.0947. The fourth-order valence-corrected chi connectivity index (χ4v) is 1.87. The van der Waals surface area contributed by atoms with Crippen molar-refractivity contribution in [2.45, 2.75) is 26.7 Å². The van der Waals surface area contributed by atoms with E-state index in [4.69, 9.17) is 5.73 Å². The molecule has 0 spiro atoms. The molecule has 0 fully saturated rings. The van der Waals surface area contributed by atoms with Gasteiger partial charge in [-0.2, -0.15) is 0 Å². The number of carbonyl (C=O) groups is 1. The van der Waals surface area contributed by atoms with Gasteiger partial charge in [-0.3, -0.25) is 4.79 Å². The second-order valence-corrected chi connectivity index (χ2v) is 4.89. The van der Waals surface area contributed by atoms with Crippen molar-refractivity contribution in [2.24, 2.45) is 5.92 Å². The maximum atomic E-state index is 11.9. The molecule has 1 aromatic rings. The number of halogens is 1. The van der Waals surface area contributed by atoms with Gasteiger partial charge in [0.2, 0.25) is 0 Å². The number of anilines is 1. The number of carbonyl (C=O) groups excluding carboxylic acids is 1. The maximum absolute atomic E-state index is 11.9. The molecule has 1 amide bonds. The Bertz CT molecular complexity index is 391. The molecule has 0 radical (unpaired) electrons. The second kappa shape index (κ2) is 6.59. The van der Waals surface area contributed by atoms with Crippen LogP contribution < -0.4 is 11.1 Å². The zero-order chi connectivity index (χ0) is 12.8. The van der Waals surface area contributed by atoms with Gasteiger partial charge in [0.25, 0.3) is 5.91 Å². The number of amides is 1. The minimum absolute atomic E-state index is 0.164. The Labute approximate surface area is 110 Å². The summed E-state index contributed by atoms with van der Waals surface area (Å²) in [6.45, 7) is 4.92. The van der Waals surface area contributed by atoms with E-state index in [-0.39, 0.29) is 11.7 Å². The smallest absolute Gasteiger partial charge is 0.255 e. The fraction of sp³-hybridized carbons (Fsp3) is 0.500.